The number of amides is 2. The molecule has 206 valence electrons. The maximum Gasteiger partial charge on any atom is 0.410 e. The summed E-state index contributed by atoms with van der Waals surface area (Å²) in [7, 11) is -1.19. The molecule has 0 radical (unpaired) electrons. The summed E-state index contributed by atoms with van der Waals surface area (Å²) in [6.45, 7) is 19.3. The fourth-order valence-electron chi connectivity index (χ4n) is 4.23. The molecule has 11 heteroatoms. The SMILES string of the molecule is CCNC(=O)c1cn(COCC[Si](C)(C)C)c2ncc(N[C@@H]3CCN(C(=O)OC(C)(C)C)C[C@@H]3C)nc12. The molecule has 10 nitrogen and oxygen atoms in total. The highest BCUT2D eigenvalue weighted by Crippen LogP contribution is 2.25. The Bertz CT molecular complexity index is 1090. The molecule has 2 atom stereocenters. The first kappa shape index (κ1) is 28.9. The molecule has 0 spiro atoms. The third-order valence-electron chi connectivity index (χ3n) is 6.26. The van der Waals surface area contributed by atoms with Crippen LogP contribution in [0.5, 0.6) is 0 Å². The second-order valence-electron chi connectivity index (χ2n) is 12.1. The summed E-state index contributed by atoms with van der Waals surface area (Å²) in [5, 5.41) is 6.36. The summed E-state index contributed by atoms with van der Waals surface area (Å²) in [4.78, 5) is 36.5. The fourth-order valence-corrected chi connectivity index (χ4v) is 4.98. The molecule has 2 amide bonds. The molecule has 1 aliphatic rings. The van der Waals surface area contributed by atoms with Gasteiger partial charge < -0.3 is 29.6 Å². The van der Waals surface area contributed by atoms with Crippen LogP contribution in [0.1, 0.15) is 51.4 Å². The van der Waals surface area contributed by atoms with Crippen LogP contribution in [-0.4, -0.2) is 77.4 Å². The van der Waals surface area contributed by atoms with Gasteiger partial charge in [-0.1, -0.05) is 26.6 Å². The van der Waals surface area contributed by atoms with Crippen molar-refractivity contribution in [2.24, 2.45) is 5.92 Å². The number of anilines is 1. The zero-order chi connectivity index (χ0) is 27.4. The summed E-state index contributed by atoms with van der Waals surface area (Å²) in [6.07, 6.45) is 3.96. The van der Waals surface area contributed by atoms with E-state index >= 15 is 0 Å². The highest BCUT2D eigenvalue weighted by atomic mass is 28.3. The van der Waals surface area contributed by atoms with Gasteiger partial charge in [0, 0.05) is 46.6 Å². The Hall–Kier alpha value is -2.66. The van der Waals surface area contributed by atoms with Crippen LogP contribution in [-0.2, 0) is 16.2 Å². The predicted octanol–water partition coefficient (Wildman–Crippen LogP) is 4.55. The number of fused-ring (bicyclic) bond motifs is 1. The smallest absolute Gasteiger partial charge is 0.410 e. The van der Waals surface area contributed by atoms with Crippen LogP contribution in [0.2, 0.25) is 25.7 Å². The van der Waals surface area contributed by atoms with Gasteiger partial charge in [0.15, 0.2) is 5.65 Å². The van der Waals surface area contributed by atoms with Crippen LogP contribution in [0.15, 0.2) is 12.4 Å². The Morgan fingerprint density at radius 1 is 1.24 bits per heavy atom. The second-order valence-corrected chi connectivity index (χ2v) is 17.7. The zero-order valence-electron chi connectivity index (χ0n) is 23.7. The summed E-state index contributed by atoms with van der Waals surface area (Å²) in [6, 6.07) is 1.19. The van der Waals surface area contributed by atoms with Gasteiger partial charge >= 0.3 is 6.09 Å². The molecule has 3 rings (SSSR count). The number of carbonyl (C=O) groups excluding carboxylic acids is 2. The van der Waals surface area contributed by atoms with E-state index in [2.05, 4.69) is 42.2 Å². The minimum atomic E-state index is -1.19. The quantitative estimate of drug-likeness (QED) is 0.360. The van der Waals surface area contributed by atoms with Crippen molar-refractivity contribution >= 4 is 37.1 Å². The van der Waals surface area contributed by atoms with E-state index in [1.807, 2.05) is 32.3 Å². The van der Waals surface area contributed by atoms with Gasteiger partial charge in [0.25, 0.3) is 5.91 Å². The number of aromatic nitrogens is 3. The number of ether oxygens (including phenoxy) is 2. The number of nitrogens with zero attached hydrogens (tertiary/aromatic N) is 4. The van der Waals surface area contributed by atoms with Gasteiger partial charge in [0.2, 0.25) is 0 Å². The van der Waals surface area contributed by atoms with Crippen LogP contribution in [0.4, 0.5) is 10.6 Å². The third-order valence-corrected chi connectivity index (χ3v) is 7.97. The van der Waals surface area contributed by atoms with Crippen molar-refractivity contribution in [3.8, 4) is 0 Å². The van der Waals surface area contributed by atoms with Crippen molar-refractivity contribution in [1.29, 1.82) is 0 Å². The van der Waals surface area contributed by atoms with Gasteiger partial charge in [0.05, 0.1) is 11.8 Å². The van der Waals surface area contributed by atoms with Crippen molar-refractivity contribution in [2.45, 2.75) is 85.1 Å². The van der Waals surface area contributed by atoms with E-state index in [0.29, 0.717) is 55.5 Å². The second kappa shape index (κ2) is 11.8. The number of likely N-dealkylation sites (tertiary alicyclic amines) is 1. The van der Waals surface area contributed by atoms with Crippen LogP contribution in [0, 0.1) is 5.92 Å². The Morgan fingerprint density at radius 3 is 2.59 bits per heavy atom. The van der Waals surface area contributed by atoms with E-state index in [0.717, 1.165) is 12.5 Å². The topological polar surface area (TPSA) is 111 Å². The molecular weight excluding hydrogens is 488 g/mol. The summed E-state index contributed by atoms with van der Waals surface area (Å²) >= 11 is 0. The van der Waals surface area contributed by atoms with Crippen LogP contribution in [0.25, 0.3) is 11.2 Å². The Kier molecular flexibility index (Phi) is 9.22. The van der Waals surface area contributed by atoms with Crippen molar-refractivity contribution in [1.82, 2.24) is 24.8 Å². The molecular formula is C26H44N6O4Si. The molecule has 0 saturated carbocycles. The summed E-state index contributed by atoms with van der Waals surface area (Å²) in [5.41, 5.74) is 1.13. The van der Waals surface area contributed by atoms with Crippen molar-refractivity contribution < 1.29 is 19.1 Å². The first-order valence-corrected chi connectivity index (χ1v) is 16.9. The van der Waals surface area contributed by atoms with E-state index in [1.54, 1.807) is 17.3 Å². The van der Waals surface area contributed by atoms with Gasteiger partial charge in [-0.25, -0.2) is 14.8 Å². The number of rotatable bonds is 9. The van der Waals surface area contributed by atoms with Gasteiger partial charge in [-0.2, -0.15) is 0 Å². The molecule has 1 fully saturated rings. The Balaban J connectivity index is 1.73. The van der Waals surface area contributed by atoms with Gasteiger partial charge in [-0.15, -0.1) is 0 Å². The lowest BCUT2D eigenvalue weighted by Gasteiger charge is -2.38. The van der Waals surface area contributed by atoms with Gasteiger partial charge in [-0.3, -0.25) is 4.79 Å². The van der Waals surface area contributed by atoms with E-state index in [9.17, 15) is 9.59 Å². The highest BCUT2D eigenvalue weighted by Gasteiger charge is 2.31. The van der Waals surface area contributed by atoms with Gasteiger partial charge in [-0.05, 0) is 46.1 Å². The monoisotopic (exact) mass is 532 g/mol. The molecule has 0 bridgehead atoms. The molecule has 2 aromatic heterocycles. The molecule has 0 aliphatic carbocycles. The minimum absolute atomic E-state index is 0.116. The summed E-state index contributed by atoms with van der Waals surface area (Å²) in [5.74, 6) is 0.614. The number of hydrogen-bond acceptors (Lipinski definition) is 7. The summed E-state index contributed by atoms with van der Waals surface area (Å²) < 4.78 is 13.3. The predicted molar refractivity (Wildman–Crippen MR) is 149 cm³/mol. The van der Waals surface area contributed by atoms with E-state index in [1.165, 1.54) is 0 Å². The molecule has 0 unspecified atom stereocenters. The average Bonchev–Trinajstić information content (AvgIpc) is 3.14. The van der Waals surface area contributed by atoms with Crippen molar-refractivity contribution in [3.63, 3.8) is 0 Å². The number of hydrogen-bond donors (Lipinski definition) is 2. The van der Waals surface area contributed by atoms with Crippen molar-refractivity contribution in [2.75, 3.05) is 31.6 Å². The van der Waals surface area contributed by atoms with E-state index in [4.69, 9.17) is 14.5 Å². The fraction of sp³-hybridized carbons (Fsp3) is 0.692. The molecule has 37 heavy (non-hydrogen) atoms. The van der Waals surface area contributed by atoms with E-state index in [-0.39, 0.29) is 24.0 Å². The maximum absolute atomic E-state index is 12.8. The molecule has 1 aliphatic heterocycles. The van der Waals surface area contributed by atoms with Gasteiger partial charge in [0.1, 0.15) is 23.7 Å². The number of piperidine rings is 1. The lowest BCUT2D eigenvalue weighted by molar-refractivity contribution is 0.0164. The maximum atomic E-state index is 12.8. The van der Waals surface area contributed by atoms with Crippen LogP contribution in [0.3, 0.4) is 0 Å². The average molecular weight is 533 g/mol. The lowest BCUT2D eigenvalue weighted by Crippen LogP contribution is -2.49. The molecule has 0 aromatic carbocycles. The van der Waals surface area contributed by atoms with Crippen molar-refractivity contribution in [3.05, 3.63) is 18.0 Å². The molecule has 1 saturated heterocycles. The van der Waals surface area contributed by atoms with E-state index < -0.39 is 13.7 Å². The highest BCUT2D eigenvalue weighted by molar-refractivity contribution is 6.76. The molecule has 2 N–H and O–H groups in total. The minimum Gasteiger partial charge on any atom is -0.444 e. The first-order chi connectivity index (χ1) is 17.3. The standard InChI is InChI=1S/C26H44N6O4Si/c1-9-27-24(33)19-16-32(17-35-12-13-37(6,7)8)23-22(19)30-21(14-28-23)29-20-10-11-31(15-18(20)2)25(34)36-26(3,4)5/h14,16,18,20H,9-13,15,17H2,1-8H3,(H,27,33)(H,29,30)/t18-,20+/m0/s1. The first-order valence-electron chi connectivity index (χ1n) is 13.2. The number of carbonyl (C=O) groups is 2. The van der Waals surface area contributed by atoms with Crippen LogP contribution < -0.4 is 10.6 Å². The Morgan fingerprint density at radius 2 is 1.97 bits per heavy atom. The molecule has 3 heterocycles. The Labute approximate surface area is 221 Å². The van der Waals surface area contributed by atoms with Crippen LogP contribution >= 0.6 is 0 Å². The normalized spacial score (nSPS) is 18.6. The molecule has 2 aromatic rings. The third kappa shape index (κ3) is 8.16. The number of nitrogens with one attached hydrogen (secondary N) is 2. The zero-order valence-corrected chi connectivity index (χ0v) is 24.7. The lowest BCUT2D eigenvalue weighted by atomic mass is 9.94. The largest absolute Gasteiger partial charge is 0.444 e.